The summed E-state index contributed by atoms with van der Waals surface area (Å²) in [6.07, 6.45) is 5.23. The number of rotatable bonds is 0. The zero-order chi connectivity index (χ0) is 13.3. The van der Waals surface area contributed by atoms with Crippen molar-refractivity contribution in [2.45, 2.75) is 78.1 Å². The topological polar surface area (TPSA) is 0 Å². The quantitative estimate of drug-likeness (QED) is 0.616. The fraction of sp³-hybridized carbons (Fsp3) is 0.667. The lowest BCUT2D eigenvalue weighted by molar-refractivity contribution is 0.518. The van der Waals surface area contributed by atoms with Crippen LogP contribution in [-0.2, 0) is 23.7 Å². The molecule has 0 N–H and O–H groups in total. The normalized spacial score (nSPS) is 23.0. The molecule has 0 bridgehead atoms. The molecule has 0 spiro atoms. The highest BCUT2D eigenvalue weighted by Gasteiger charge is 2.40. The van der Waals surface area contributed by atoms with Crippen molar-refractivity contribution in [3.63, 3.8) is 0 Å². The standard InChI is InChI=1S/C18H26/c1-11-13-7-9-18(5,6)16(13)12(2)14-8-10-17(3,4)15(11)14/h7-10H2,1-6H3. The third-order valence-corrected chi connectivity index (χ3v) is 5.61. The van der Waals surface area contributed by atoms with Gasteiger partial charge in [-0.3, -0.25) is 0 Å². The number of benzene rings is 1. The Balaban J connectivity index is 2.37. The molecule has 0 heterocycles. The Kier molecular flexibility index (Phi) is 2.32. The minimum Gasteiger partial charge on any atom is -0.0558 e. The van der Waals surface area contributed by atoms with Gasteiger partial charge >= 0.3 is 0 Å². The predicted octanol–water partition coefficient (Wildman–Crippen LogP) is 4.75. The minimum absolute atomic E-state index is 0.395. The third kappa shape index (κ3) is 1.38. The van der Waals surface area contributed by atoms with E-state index in [-0.39, 0.29) is 0 Å². The van der Waals surface area contributed by atoms with E-state index in [9.17, 15) is 0 Å². The van der Waals surface area contributed by atoms with Crippen molar-refractivity contribution in [1.82, 2.24) is 0 Å². The van der Waals surface area contributed by atoms with Crippen LogP contribution < -0.4 is 0 Å². The Labute approximate surface area is 112 Å². The van der Waals surface area contributed by atoms with Crippen molar-refractivity contribution in [2.75, 3.05) is 0 Å². The van der Waals surface area contributed by atoms with Gasteiger partial charge in [0, 0.05) is 0 Å². The molecule has 98 valence electrons. The van der Waals surface area contributed by atoms with Crippen molar-refractivity contribution in [3.05, 3.63) is 33.4 Å². The van der Waals surface area contributed by atoms with E-state index in [1.807, 2.05) is 0 Å². The Morgan fingerprint density at radius 1 is 0.667 bits per heavy atom. The van der Waals surface area contributed by atoms with Crippen molar-refractivity contribution in [3.8, 4) is 0 Å². The van der Waals surface area contributed by atoms with Gasteiger partial charge in [0.2, 0.25) is 0 Å². The average Bonchev–Trinajstić information content (AvgIpc) is 2.73. The van der Waals surface area contributed by atoms with Crippen molar-refractivity contribution in [2.24, 2.45) is 0 Å². The van der Waals surface area contributed by atoms with Gasteiger partial charge in [0.1, 0.15) is 0 Å². The zero-order valence-electron chi connectivity index (χ0n) is 12.8. The summed E-state index contributed by atoms with van der Waals surface area (Å²) in [5, 5.41) is 0. The second kappa shape index (κ2) is 3.40. The van der Waals surface area contributed by atoms with Crippen LogP contribution in [0.2, 0.25) is 0 Å². The maximum absolute atomic E-state index is 2.43. The highest BCUT2D eigenvalue weighted by molar-refractivity contribution is 5.59. The van der Waals surface area contributed by atoms with Crippen LogP contribution in [0, 0.1) is 13.8 Å². The van der Waals surface area contributed by atoms with Gasteiger partial charge in [0.15, 0.2) is 0 Å². The number of hydrogen-bond acceptors (Lipinski definition) is 0. The number of hydrogen-bond donors (Lipinski definition) is 0. The monoisotopic (exact) mass is 242 g/mol. The molecule has 0 nitrogen and oxygen atoms in total. The zero-order valence-corrected chi connectivity index (χ0v) is 12.8. The summed E-state index contributed by atoms with van der Waals surface area (Å²) in [6.45, 7) is 14.5. The van der Waals surface area contributed by atoms with Crippen LogP contribution in [0.3, 0.4) is 0 Å². The molecule has 0 fully saturated rings. The molecular weight excluding hydrogens is 216 g/mol. The van der Waals surface area contributed by atoms with Gasteiger partial charge in [-0.15, -0.1) is 0 Å². The number of fused-ring (bicyclic) bond motifs is 2. The summed E-state index contributed by atoms with van der Waals surface area (Å²) >= 11 is 0. The van der Waals surface area contributed by atoms with Gasteiger partial charge in [-0.25, -0.2) is 0 Å². The SMILES string of the molecule is Cc1c2c(c(C)c3c1C(C)(C)CC3)C(C)(C)CC2. The van der Waals surface area contributed by atoms with Crippen LogP contribution in [0.5, 0.6) is 0 Å². The fourth-order valence-corrected chi connectivity index (χ4v) is 4.71. The van der Waals surface area contributed by atoms with Gasteiger partial charge in [-0.2, -0.15) is 0 Å². The van der Waals surface area contributed by atoms with E-state index < -0.39 is 0 Å². The van der Waals surface area contributed by atoms with E-state index in [1.54, 1.807) is 33.4 Å². The van der Waals surface area contributed by atoms with Gasteiger partial charge < -0.3 is 0 Å². The maximum Gasteiger partial charge on any atom is -0.00948 e. The van der Waals surface area contributed by atoms with E-state index in [4.69, 9.17) is 0 Å². The van der Waals surface area contributed by atoms with Crippen LogP contribution in [-0.4, -0.2) is 0 Å². The van der Waals surface area contributed by atoms with Gasteiger partial charge in [-0.05, 0) is 83.7 Å². The van der Waals surface area contributed by atoms with Gasteiger partial charge in [0.05, 0.1) is 0 Å². The van der Waals surface area contributed by atoms with Gasteiger partial charge in [-0.1, -0.05) is 27.7 Å². The molecule has 0 saturated carbocycles. The van der Waals surface area contributed by atoms with Crippen molar-refractivity contribution < 1.29 is 0 Å². The van der Waals surface area contributed by atoms with E-state index in [0.717, 1.165) is 0 Å². The molecule has 1 aromatic carbocycles. The molecule has 0 aromatic heterocycles. The molecule has 2 aliphatic rings. The minimum atomic E-state index is 0.395. The average molecular weight is 242 g/mol. The second-order valence-corrected chi connectivity index (χ2v) is 7.72. The summed E-state index contributed by atoms with van der Waals surface area (Å²) in [5.41, 5.74) is 10.8. The lowest BCUT2D eigenvalue weighted by Gasteiger charge is -2.28. The van der Waals surface area contributed by atoms with E-state index in [0.29, 0.717) is 10.8 Å². The molecule has 0 aliphatic heterocycles. The summed E-state index contributed by atoms with van der Waals surface area (Å²) in [6, 6.07) is 0. The summed E-state index contributed by atoms with van der Waals surface area (Å²) in [4.78, 5) is 0. The summed E-state index contributed by atoms with van der Waals surface area (Å²) in [7, 11) is 0. The second-order valence-electron chi connectivity index (χ2n) is 7.72. The molecule has 2 aliphatic carbocycles. The first-order valence-corrected chi connectivity index (χ1v) is 7.41. The van der Waals surface area contributed by atoms with Crippen LogP contribution in [0.1, 0.15) is 73.9 Å². The highest BCUT2D eigenvalue weighted by atomic mass is 14.4. The molecule has 0 radical (unpaired) electrons. The molecule has 0 atom stereocenters. The largest absolute Gasteiger partial charge is 0.0558 e. The Hall–Kier alpha value is -0.780. The fourth-order valence-electron chi connectivity index (χ4n) is 4.71. The smallest absolute Gasteiger partial charge is 0.00948 e. The Morgan fingerprint density at radius 3 is 1.33 bits per heavy atom. The predicted molar refractivity (Wildman–Crippen MR) is 78.6 cm³/mol. The van der Waals surface area contributed by atoms with Crippen molar-refractivity contribution in [1.29, 1.82) is 0 Å². The van der Waals surface area contributed by atoms with E-state index in [2.05, 4.69) is 41.5 Å². The molecule has 0 heteroatoms. The highest BCUT2D eigenvalue weighted by Crippen LogP contribution is 2.50. The first-order valence-electron chi connectivity index (χ1n) is 7.41. The molecule has 3 rings (SSSR count). The molecule has 0 amide bonds. The lowest BCUT2D eigenvalue weighted by atomic mass is 9.77. The molecule has 18 heavy (non-hydrogen) atoms. The van der Waals surface area contributed by atoms with Crippen LogP contribution in [0.25, 0.3) is 0 Å². The Bertz CT molecular complexity index is 480. The molecule has 0 unspecified atom stereocenters. The molecular formula is C18H26. The summed E-state index contributed by atoms with van der Waals surface area (Å²) < 4.78 is 0. The maximum atomic E-state index is 2.43. The first-order chi connectivity index (χ1) is 8.26. The molecule has 0 saturated heterocycles. The van der Waals surface area contributed by atoms with E-state index >= 15 is 0 Å². The van der Waals surface area contributed by atoms with Gasteiger partial charge in [0.25, 0.3) is 0 Å². The first kappa shape index (κ1) is 12.3. The van der Waals surface area contributed by atoms with Crippen LogP contribution in [0.4, 0.5) is 0 Å². The van der Waals surface area contributed by atoms with Crippen LogP contribution in [0.15, 0.2) is 0 Å². The van der Waals surface area contributed by atoms with E-state index in [1.165, 1.54) is 25.7 Å². The lowest BCUT2D eigenvalue weighted by Crippen LogP contribution is -2.18. The molecule has 1 aromatic rings. The van der Waals surface area contributed by atoms with Crippen LogP contribution >= 0.6 is 0 Å². The Morgan fingerprint density at radius 2 is 1.00 bits per heavy atom. The summed E-state index contributed by atoms with van der Waals surface area (Å²) in [5.74, 6) is 0. The van der Waals surface area contributed by atoms with Crippen molar-refractivity contribution >= 4 is 0 Å². The third-order valence-electron chi connectivity index (χ3n) is 5.61.